The molecule has 1 heterocycles. The molecule has 0 amide bonds. The molecule has 2 aromatic carbocycles. The van der Waals surface area contributed by atoms with Crippen LogP contribution in [0.15, 0.2) is 48.5 Å². The SMILES string of the molecule is CCCCCCCCCC(=O)n1c(O)c(C(=O)c2ccccc2)c2cc(F)ccc21. The van der Waals surface area contributed by atoms with Crippen molar-refractivity contribution in [2.45, 2.75) is 58.3 Å². The van der Waals surface area contributed by atoms with Crippen LogP contribution < -0.4 is 0 Å². The van der Waals surface area contributed by atoms with Crippen molar-refractivity contribution in [3.05, 3.63) is 65.5 Å². The minimum Gasteiger partial charge on any atom is -0.494 e. The molecule has 3 rings (SSSR count). The minimum absolute atomic E-state index is 0.0383. The van der Waals surface area contributed by atoms with Gasteiger partial charge in [0.25, 0.3) is 0 Å². The first kappa shape index (κ1) is 21.8. The van der Waals surface area contributed by atoms with E-state index in [-0.39, 0.29) is 23.3 Å². The molecule has 3 aromatic rings. The second-order valence-corrected chi connectivity index (χ2v) is 7.66. The van der Waals surface area contributed by atoms with Crippen LogP contribution in [0, 0.1) is 5.82 Å². The molecule has 0 aliphatic heterocycles. The van der Waals surface area contributed by atoms with Crippen LogP contribution in [-0.4, -0.2) is 21.4 Å². The lowest BCUT2D eigenvalue weighted by Crippen LogP contribution is -2.10. The van der Waals surface area contributed by atoms with E-state index in [1.807, 2.05) is 0 Å². The third kappa shape index (κ3) is 4.78. The quantitative estimate of drug-likeness (QED) is 0.307. The van der Waals surface area contributed by atoms with E-state index in [9.17, 15) is 19.1 Å². The van der Waals surface area contributed by atoms with Crippen LogP contribution in [0.2, 0.25) is 0 Å². The Balaban J connectivity index is 1.84. The molecule has 0 fully saturated rings. The Morgan fingerprint density at radius 1 is 0.933 bits per heavy atom. The Morgan fingerprint density at radius 3 is 2.30 bits per heavy atom. The number of aromatic nitrogens is 1. The van der Waals surface area contributed by atoms with Crippen molar-refractivity contribution in [2.75, 3.05) is 0 Å². The maximum Gasteiger partial charge on any atom is 0.233 e. The van der Waals surface area contributed by atoms with Gasteiger partial charge in [-0.05, 0) is 24.6 Å². The number of aromatic hydroxyl groups is 1. The summed E-state index contributed by atoms with van der Waals surface area (Å²) in [6, 6.07) is 12.3. The zero-order valence-corrected chi connectivity index (χ0v) is 17.4. The summed E-state index contributed by atoms with van der Waals surface area (Å²) in [4.78, 5) is 25.9. The molecule has 0 bridgehead atoms. The van der Waals surface area contributed by atoms with Crippen molar-refractivity contribution in [1.82, 2.24) is 4.57 Å². The molecule has 0 unspecified atom stereocenters. The summed E-state index contributed by atoms with van der Waals surface area (Å²) in [5.41, 5.74) is 0.681. The first-order valence-corrected chi connectivity index (χ1v) is 10.7. The molecule has 30 heavy (non-hydrogen) atoms. The number of rotatable bonds is 10. The first-order chi connectivity index (χ1) is 14.5. The molecule has 0 aliphatic rings. The lowest BCUT2D eigenvalue weighted by atomic mass is 10.0. The van der Waals surface area contributed by atoms with Crippen LogP contribution in [0.1, 0.15) is 79.0 Å². The highest BCUT2D eigenvalue weighted by atomic mass is 19.1. The summed E-state index contributed by atoms with van der Waals surface area (Å²) in [5.74, 6) is -1.67. The number of hydrogen-bond acceptors (Lipinski definition) is 3. The van der Waals surface area contributed by atoms with E-state index in [0.29, 0.717) is 17.5 Å². The number of nitrogens with zero attached hydrogens (tertiary/aromatic N) is 1. The summed E-state index contributed by atoms with van der Waals surface area (Å²) < 4.78 is 15.1. The Kier molecular flexibility index (Phi) is 7.39. The standard InChI is InChI=1S/C25H28FNO3/c1-2-3-4-5-6-7-11-14-22(28)27-21-16-15-19(26)17-20(21)23(25(27)30)24(29)18-12-9-8-10-13-18/h8-10,12-13,15-17,30H,2-7,11,14H2,1H3. The highest BCUT2D eigenvalue weighted by Crippen LogP contribution is 2.34. The van der Waals surface area contributed by atoms with Gasteiger partial charge in [-0.1, -0.05) is 75.8 Å². The lowest BCUT2D eigenvalue weighted by Gasteiger charge is -2.06. The maximum absolute atomic E-state index is 13.9. The average molecular weight is 410 g/mol. The molecule has 1 aromatic heterocycles. The molecule has 158 valence electrons. The van der Waals surface area contributed by atoms with Crippen LogP contribution >= 0.6 is 0 Å². The molecule has 1 N–H and O–H groups in total. The highest BCUT2D eigenvalue weighted by molar-refractivity contribution is 6.19. The number of unbranched alkanes of at least 4 members (excludes halogenated alkanes) is 6. The molecule has 4 nitrogen and oxygen atoms in total. The van der Waals surface area contributed by atoms with Gasteiger partial charge in [0.05, 0.1) is 11.1 Å². The van der Waals surface area contributed by atoms with Gasteiger partial charge in [0, 0.05) is 17.4 Å². The number of carbonyl (C=O) groups is 2. The molecule has 0 aliphatic carbocycles. The van der Waals surface area contributed by atoms with Gasteiger partial charge in [-0.3, -0.25) is 9.59 Å². The second kappa shape index (κ2) is 10.2. The van der Waals surface area contributed by atoms with Crippen molar-refractivity contribution >= 4 is 22.6 Å². The molecular weight excluding hydrogens is 381 g/mol. The summed E-state index contributed by atoms with van der Waals surface area (Å²) in [6.45, 7) is 2.18. The number of halogens is 1. The molecule has 0 atom stereocenters. The summed E-state index contributed by atoms with van der Waals surface area (Å²) in [5, 5.41) is 11.0. The van der Waals surface area contributed by atoms with Gasteiger partial charge in [-0.25, -0.2) is 8.96 Å². The summed E-state index contributed by atoms with van der Waals surface area (Å²) >= 11 is 0. The molecule has 0 saturated carbocycles. The van der Waals surface area contributed by atoms with Gasteiger partial charge in [-0.2, -0.15) is 0 Å². The van der Waals surface area contributed by atoms with Gasteiger partial charge in [-0.15, -0.1) is 0 Å². The molecule has 0 saturated heterocycles. The van der Waals surface area contributed by atoms with Crippen molar-refractivity contribution < 1.29 is 19.1 Å². The van der Waals surface area contributed by atoms with Crippen LogP contribution in [-0.2, 0) is 0 Å². The Hall–Kier alpha value is -2.95. The minimum atomic E-state index is -0.527. The Bertz CT molecular complexity index is 1020. The van der Waals surface area contributed by atoms with E-state index >= 15 is 0 Å². The average Bonchev–Trinajstić information content (AvgIpc) is 3.04. The fourth-order valence-electron chi connectivity index (χ4n) is 3.81. The second-order valence-electron chi connectivity index (χ2n) is 7.66. The fourth-order valence-corrected chi connectivity index (χ4v) is 3.81. The zero-order valence-electron chi connectivity index (χ0n) is 17.4. The number of hydrogen-bond donors (Lipinski definition) is 1. The number of ketones is 1. The van der Waals surface area contributed by atoms with Crippen LogP contribution in [0.4, 0.5) is 4.39 Å². The topological polar surface area (TPSA) is 59.3 Å². The van der Waals surface area contributed by atoms with Gasteiger partial charge in [0.1, 0.15) is 5.82 Å². The normalized spacial score (nSPS) is 11.1. The van der Waals surface area contributed by atoms with Gasteiger partial charge in [0.15, 0.2) is 5.78 Å². The summed E-state index contributed by atoms with van der Waals surface area (Å²) in [6.07, 6.45) is 7.81. The first-order valence-electron chi connectivity index (χ1n) is 10.7. The smallest absolute Gasteiger partial charge is 0.233 e. The van der Waals surface area contributed by atoms with Gasteiger partial charge in [0.2, 0.25) is 11.8 Å². The summed E-state index contributed by atoms with van der Waals surface area (Å²) in [7, 11) is 0. The monoisotopic (exact) mass is 409 g/mol. The third-order valence-electron chi connectivity index (χ3n) is 5.41. The van der Waals surface area contributed by atoms with E-state index < -0.39 is 17.5 Å². The predicted molar refractivity (Wildman–Crippen MR) is 117 cm³/mol. The largest absolute Gasteiger partial charge is 0.494 e. The molecule has 0 spiro atoms. The number of fused-ring (bicyclic) bond motifs is 1. The van der Waals surface area contributed by atoms with Crippen LogP contribution in [0.5, 0.6) is 5.88 Å². The van der Waals surface area contributed by atoms with Crippen LogP contribution in [0.3, 0.4) is 0 Å². The maximum atomic E-state index is 13.9. The van der Waals surface area contributed by atoms with Crippen molar-refractivity contribution in [3.63, 3.8) is 0 Å². The van der Waals surface area contributed by atoms with Crippen molar-refractivity contribution in [3.8, 4) is 5.88 Å². The molecular formula is C25H28FNO3. The van der Waals surface area contributed by atoms with E-state index in [0.717, 1.165) is 23.8 Å². The van der Waals surface area contributed by atoms with E-state index in [1.165, 1.54) is 37.5 Å². The van der Waals surface area contributed by atoms with Gasteiger partial charge < -0.3 is 5.11 Å². The van der Waals surface area contributed by atoms with E-state index in [4.69, 9.17) is 0 Å². The zero-order chi connectivity index (χ0) is 21.5. The van der Waals surface area contributed by atoms with Crippen molar-refractivity contribution in [1.29, 1.82) is 0 Å². The number of carbonyl (C=O) groups excluding carboxylic acids is 2. The van der Waals surface area contributed by atoms with Crippen molar-refractivity contribution in [2.24, 2.45) is 0 Å². The van der Waals surface area contributed by atoms with E-state index in [1.54, 1.807) is 30.3 Å². The lowest BCUT2D eigenvalue weighted by molar-refractivity contribution is 0.0895. The van der Waals surface area contributed by atoms with Crippen LogP contribution in [0.25, 0.3) is 10.9 Å². The Morgan fingerprint density at radius 2 is 1.60 bits per heavy atom. The molecule has 5 heteroatoms. The highest BCUT2D eigenvalue weighted by Gasteiger charge is 2.26. The third-order valence-corrected chi connectivity index (χ3v) is 5.41. The fraction of sp³-hybridized carbons (Fsp3) is 0.360. The van der Waals surface area contributed by atoms with E-state index in [2.05, 4.69) is 6.92 Å². The predicted octanol–water partition coefficient (Wildman–Crippen LogP) is 6.50. The number of benzene rings is 2. The molecule has 0 radical (unpaired) electrons. The van der Waals surface area contributed by atoms with Gasteiger partial charge >= 0.3 is 0 Å². The Labute approximate surface area is 176 Å².